The Morgan fingerprint density at radius 3 is 2.36 bits per heavy atom. The predicted octanol–water partition coefficient (Wildman–Crippen LogP) is 3.07. The molecule has 0 radical (unpaired) electrons. The quantitative estimate of drug-likeness (QED) is 0.521. The average Bonchev–Trinajstić information content (AvgIpc) is 2.83. The molecule has 8 heteroatoms. The number of carbonyl (C=O) groups excluding carboxylic acids is 3. The van der Waals surface area contributed by atoms with Crippen molar-refractivity contribution < 1.29 is 19.1 Å². The van der Waals surface area contributed by atoms with Crippen molar-refractivity contribution in [1.82, 2.24) is 4.90 Å². The van der Waals surface area contributed by atoms with Crippen molar-refractivity contribution in [2.24, 2.45) is 5.73 Å². The molecule has 0 saturated heterocycles. The summed E-state index contributed by atoms with van der Waals surface area (Å²) in [6.45, 7) is 0.332. The second-order valence-corrected chi connectivity index (χ2v) is 7.78. The highest BCUT2D eigenvalue weighted by Crippen LogP contribution is 2.27. The number of nitrogens with zero attached hydrogens (tertiary/aromatic N) is 1. The highest BCUT2D eigenvalue weighted by molar-refractivity contribution is 6.05. The van der Waals surface area contributed by atoms with E-state index in [-0.39, 0.29) is 30.1 Å². The van der Waals surface area contributed by atoms with E-state index in [1.54, 1.807) is 12.1 Å². The maximum absolute atomic E-state index is 13.3. The van der Waals surface area contributed by atoms with E-state index in [2.05, 4.69) is 5.32 Å². The van der Waals surface area contributed by atoms with Gasteiger partial charge in [-0.15, -0.1) is 0 Å². The standard InChI is InChI=1S/C25H24N4O4/c26-22-19(23(27)30)11-6-12-20(22)28-24(31)21-13-17-9-4-5-10-18(17)14-29(21)25(32)33-15-16-7-2-1-3-8-16/h1-12,21H,13-15,26H2,(H2,27,30)(H,28,31)/t21-/m0/s1. The SMILES string of the molecule is NC(=O)c1cccc(NC(=O)[C@@H]2Cc3ccccc3CN2C(=O)OCc2ccccc2)c1N. The Bertz CT molecular complexity index is 1200. The minimum Gasteiger partial charge on any atom is -0.445 e. The van der Waals surface area contributed by atoms with Gasteiger partial charge in [-0.3, -0.25) is 14.5 Å². The van der Waals surface area contributed by atoms with Crippen LogP contribution in [-0.4, -0.2) is 28.8 Å². The van der Waals surface area contributed by atoms with Gasteiger partial charge >= 0.3 is 6.09 Å². The predicted molar refractivity (Wildman–Crippen MR) is 124 cm³/mol. The van der Waals surface area contributed by atoms with Crippen molar-refractivity contribution in [3.63, 3.8) is 0 Å². The molecule has 3 aromatic carbocycles. The van der Waals surface area contributed by atoms with E-state index in [0.29, 0.717) is 6.42 Å². The number of nitrogens with one attached hydrogen (secondary N) is 1. The van der Waals surface area contributed by atoms with Crippen molar-refractivity contribution in [2.75, 3.05) is 11.1 Å². The van der Waals surface area contributed by atoms with Crippen LogP contribution in [0.5, 0.6) is 0 Å². The van der Waals surface area contributed by atoms with Crippen LogP contribution in [0.25, 0.3) is 0 Å². The minimum absolute atomic E-state index is 0.0766. The molecule has 0 aromatic heterocycles. The molecule has 0 saturated carbocycles. The third-order valence-electron chi connectivity index (χ3n) is 5.62. The zero-order chi connectivity index (χ0) is 23.4. The molecule has 0 unspecified atom stereocenters. The lowest BCUT2D eigenvalue weighted by molar-refractivity contribution is -0.121. The van der Waals surface area contributed by atoms with Gasteiger partial charge in [-0.2, -0.15) is 0 Å². The van der Waals surface area contributed by atoms with Gasteiger partial charge in [0.1, 0.15) is 12.6 Å². The Hall–Kier alpha value is -4.33. The van der Waals surface area contributed by atoms with Crippen LogP contribution in [0.2, 0.25) is 0 Å². The zero-order valence-electron chi connectivity index (χ0n) is 17.9. The van der Waals surface area contributed by atoms with Gasteiger partial charge in [0.2, 0.25) is 5.91 Å². The molecule has 3 aromatic rings. The minimum atomic E-state index is -0.820. The van der Waals surface area contributed by atoms with Gasteiger partial charge < -0.3 is 21.5 Å². The number of nitrogen functional groups attached to an aromatic ring is 1. The summed E-state index contributed by atoms with van der Waals surface area (Å²) in [7, 11) is 0. The van der Waals surface area contributed by atoms with E-state index in [4.69, 9.17) is 16.2 Å². The summed E-state index contributed by atoms with van der Waals surface area (Å²) < 4.78 is 5.51. The maximum atomic E-state index is 13.3. The Kier molecular flexibility index (Phi) is 6.26. The van der Waals surface area contributed by atoms with Crippen LogP contribution >= 0.6 is 0 Å². The van der Waals surface area contributed by atoms with Gasteiger partial charge in [-0.1, -0.05) is 60.7 Å². The summed E-state index contributed by atoms with van der Waals surface area (Å²) in [5.74, 6) is -1.13. The molecule has 3 amide bonds. The molecule has 1 aliphatic heterocycles. The number of hydrogen-bond acceptors (Lipinski definition) is 5. The number of ether oxygens (including phenoxy) is 1. The van der Waals surface area contributed by atoms with Gasteiger partial charge in [0.05, 0.1) is 23.5 Å². The normalized spacial score (nSPS) is 14.8. The van der Waals surface area contributed by atoms with Crippen LogP contribution < -0.4 is 16.8 Å². The largest absolute Gasteiger partial charge is 0.445 e. The first-order valence-electron chi connectivity index (χ1n) is 10.5. The number of rotatable bonds is 5. The lowest BCUT2D eigenvalue weighted by atomic mass is 9.93. The smallest absolute Gasteiger partial charge is 0.411 e. The summed E-state index contributed by atoms with van der Waals surface area (Å²) in [4.78, 5) is 39.3. The Morgan fingerprint density at radius 1 is 0.939 bits per heavy atom. The second kappa shape index (κ2) is 9.44. The van der Waals surface area contributed by atoms with E-state index in [1.165, 1.54) is 11.0 Å². The summed E-state index contributed by atoms with van der Waals surface area (Å²) in [6, 6.07) is 20.8. The summed E-state index contributed by atoms with van der Waals surface area (Å²) in [5.41, 5.74) is 14.6. The maximum Gasteiger partial charge on any atom is 0.411 e. The molecule has 1 atom stereocenters. The number of para-hydroxylation sites is 1. The summed E-state index contributed by atoms with van der Waals surface area (Å²) in [5, 5.41) is 2.74. The third-order valence-corrected chi connectivity index (χ3v) is 5.62. The van der Waals surface area contributed by atoms with Crippen LogP contribution in [0.15, 0.2) is 72.8 Å². The topological polar surface area (TPSA) is 128 Å². The Morgan fingerprint density at radius 2 is 1.64 bits per heavy atom. The number of benzene rings is 3. The van der Waals surface area contributed by atoms with E-state index >= 15 is 0 Å². The van der Waals surface area contributed by atoms with E-state index in [0.717, 1.165) is 16.7 Å². The molecule has 1 aliphatic rings. The van der Waals surface area contributed by atoms with E-state index in [1.807, 2.05) is 54.6 Å². The molecule has 8 nitrogen and oxygen atoms in total. The first-order chi connectivity index (χ1) is 15.9. The van der Waals surface area contributed by atoms with Crippen molar-refractivity contribution in [2.45, 2.75) is 25.6 Å². The van der Waals surface area contributed by atoms with Crippen LogP contribution in [-0.2, 0) is 29.1 Å². The van der Waals surface area contributed by atoms with Crippen LogP contribution in [0.3, 0.4) is 0 Å². The first-order valence-corrected chi connectivity index (χ1v) is 10.5. The van der Waals surface area contributed by atoms with Crippen molar-refractivity contribution >= 4 is 29.3 Å². The van der Waals surface area contributed by atoms with Crippen LogP contribution in [0.1, 0.15) is 27.0 Å². The number of amides is 3. The molecule has 33 heavy (non-hydrogen) atoms. The zero-order valence-corrected chi connectivity index (χ0v) is 17.9. The molecular formula is C25H24N4O4. The van der Waals surface area contributed by atoms with Gasteiger partial charge in [-0.05, 0) is 28.8 Å². The number of hydrogen-bond donors (Lipinski definition) is 3. The molecule has 168 valence electrons. The highest BCUT2D eigenvalue weighted by atomic mass is 16.6. The average molecular weight is 444 g/mol. The number of anilines is 2. The fourth-order valence-corrected chi connectivity index (χ4v) is 3.86. The second-order valence-electron chi connectivity index (χ2n) is 7.78. The first kappa shape index (κ1) is 21.9. The van der Waals surface area contributed by atoms with Crippen LogP contribution in [0, 0.1) is 0 Å². The van der Waals surface area contributed by atoms with Crippen molar-refractivity contribution in [3.05, 3.63) is 95.1 Å². The third kappa shape index (κ3) is 4.79. The Labute approximate surface area is 191 Å². The molecule has 0 bridgehead atoms. The number of nitrogens with two attached hydrogens (primary N) is 2. The lowest BCUT2D eigenvalue weighted by Crippen LogP contribution is -2.50. The van der Waals surface area contributed by atoms with Crippen molar-refractivity contribution in [3.8, 4) is 0 Å². The van der Waals surface area contributed by atoms with E-state index in [9.17, 15) is 14.4 Å². The molecular weight excluding hydrogens is 420 g/mol. The summed E-state index contributed by atoms with van der Waals surface area (Å²) in [6.07, 6.45) is -0.273. The van der Waals surface area contributed by atoms with Crippen molar-refractivity contribution in [1.29, 1.82) is 0 Å². The van der Waals surface area contributed by atoms with Gasteiger partial charge in [0, 0.05) is 6.42 Å². The number of carbonyl (C=O) groups is 3. The molecule has 1 heterocycles. The molecule has 0 aliphatic carbocycles. The summed E-state index contributed by atoms with van der Waals surface area (Å²) >= 11 is 0. The fraction of sp³-hybridized carbons (Fsp3) is 0.160. The monoisotopic (exact) mass is 444 g/mol. The molecule has 4 rings (SSSR count). The van der Waals surface area contributed by atoms with Gasteiger partial charge in [0.25, 0.3) is 5.91 Å². The molecule has 0 fully saturated rings. The fourth-order valence-electron chi connectivity index (χ4n) is 3.86. The van der Waals surface area contributed by atoms with Crippen LogP contribution in [0.4, 0.5) is 16.2 Å². The molecule has 0 spiro atoms. The highest BCUT2D eigenvalue weighted by Gasteiger charge is 2.36. The Balaban J connectivity index is 1.57. The molecule has 5 N–H and O–H groups in total. The van der Waals surface area contributed by atoms with Gasteiger partial charge in [-0.25, -0.2) is 4.79 Å². The van der Waals surface area contributed by atoms with Gasteiger partial charge in [0.15, 0.2) is 0 Å². The number of fused-ring (bicyclic) bond motifs is 1. The lowest BCUT2D eigenvalue weighted by Gasteiger charge is -2.35. The number of primary amides is 1. The van der Waals surface area contributed by atoms with E-state index < -0.39 is 23.9 Å².